The molecule has 27 heavy (non-hydrogen) atoms. The lowest BCUT2D eigenvalue weighted by atomic mass is 9.88. The summed E-state index contributed by atoms with van der Waals surface area (Å²) in [6, 6.07) is 5.17. The van der Waals surface area contributed by atoms with Gasteiger partial charge in [-0.2, -0.15) is 0 Å². The quantitative estimate of drug-likeness (QED) is 0.781. The van der Waals surface area contributed by atoms with Gasteiger partial charge in [-0.15, -0.1) is 0 Å². The molecule has 1 aromatic heterocycles. The second-order valence-electron chi connectivity index (χ2n) is 7.19. The van der Waals surface area contributed by atoms with Crippen LogP contribution in [0.25, 0.3) is 0 Å². The minimum Gasteiger partial charge on any atom is -0.496 e. The summed E-state index contributed by atoms with van der Waals surface area (Å²) in [6.07, 6.45) is 1.74. The first-order chi connectivity index (χ1) is 12.9. The van der Waals surface area contributed by atoms with Crippen LogP contribution in [0, 0.1) is 19.8 Å². The number of ether oxygens (including phenoxy) is 1. The highest BCUT2D eigenvalue weighted by Crippen LogP contribution is 2.28. The minimum atomic E-state index is -0.508. The van der Waals surface area contributed by atoms with E-state index in [1.807, 2.05) is 26.0 Å². The Labute approximate surface area is 157 Å². The normalized spacial score (nSPS) is 17.7. The molecule has 1 saturated heterocycles. The number of ketones is 1. The fourth-order valence-electron chi connectivity index (χ4n) is 3.91. The highest BCUT2D eigenvalue weighted by molar-refractivity contribution is 5.98. The number of nitrogens with one attached hydrogen (secondary N) is 2. The lowest BCUT2D eigenvalue weighted by molar-refractivity contribution is 0.0809. The molecule has 7 nitrogen and oxygen atoms in total. The Kier molecular flexibility index (Phi) is 5.60. The molecule has 2 heterocycles. The molecule has 0 amide bonds. The van der Waals surface area contributed by atoms with E-state index in [1.54, 1.807) is 7.11 Å². The van der Waals surface area contributed by atoms with Crippen molar-refractivity contribution < 1.29 is 9.53 Å². The van der Waals surface area contributed by atoms with Crippen LogP contribution < -0.4 is 16.0 Å². The van der Waals surface area contributed by atoms with Gasteiger partial charge in [0.25, 0.3) is 5.56 Å². The van der Waals surface area contributed by atoms with Crippen molar-refractivity contribution >= 4 is 5.78 Å². The fraction of sp³-hybridized carbons (Fsp3) is 0.450. The Morgan fingerprint density at radius 3 is 2.52 bits per heavy atom. The number of benzene rings is 1. The Morgan fingerprint density at radius 1 is 1.19 bits per heavy atom. The number of aromatic amines is 2. The summed E-state index contributed by atoms with van der Waals surface area (Å²) in [5.74, 6) is 0.850. The van der Waals surface area contributed by atoms with Crippen molar-refractivity contribution in [2.45, 2.75) is 33.2 Å². The van der Waals surface area contributed by atoms with Gasteiger partial charge in [0, 0.05) is 36.3 Å². The maximum Gasteiger partial charge on any atom is 0.325 e. The molecule has 0 spiro atoms. The van der Waals surface area contributed by atoms with Gasteiger partial charge in [-0.05, 0) is 56.5 Å². The van der Waals surface area contributed by atoms with E-state index in [0.29, 0.717) is 24.3 Å². The third-order valence-corrected chi connectivity index (χ3v) is 5.04. The zero-order chi connectivity index (χ0) is 19.6. The first kappa shape index (κ1) is 19.1. The number of carbonyl (C=O) groups excluding carboxylic acids is 1. The zero-order valence-electron chi connectivity index (χ0n) is 15.9. The first-order valence-corrected chi connectivity index (χ1v) is 9.11. The molecule has 1 fully saturated rings. The Morgan fingerprint density at radius 2 is 1.89 bits per heavy atom. The second-order valence-corrected chi connectivity index (χ2v) is 7.19. The molecule has 1 aliphatic heterocycles. The predicted octanol–water partition coefficient (Wildman–Crippen LogP) is 1.78. The average Bonchev–Trinajstić information content (AvgIpc) is 2.60. The maximum absolute atomic E-state index is 13.0. The van der Waals surface area contributed by atoms with Crippen LogP contribution in [0.1, 0.15) is 40.0 Å². The molecule has 0 aliphatic carbocycles. The minimum absolute atomic E-state index is 0.0975. The number of nitrogens with zero attached hydrogens (tertiary/aromatic N) is 1. The Bertz CT molecular complexity index is 909. The standard InChI is InChI=1S/C20H25N3O4/c1-12-7-15(8-13(2)19(12)27-3)18(25)14-5-4-6-23(10-14)11-16-9-17(24)22-20(26)21-16/h7-9,14H,4-6,10-11H2,1-3H3,(H2,21,22,24,26)/t14-/m1/s1. The monoisotopic (exact) mass is 371 g/mol. The number of rotatable bonds is 5. The lowest BCUT2D eigenvalue weighted by Gasteiger charge is -2.32. The molecular formula is C20H25N3O4. The predicted molar refractivity (Wildman–Crippen MR) is 102 cm³/mol. The van der Waals surface area contributed by atoms with Crippen molar-refractivity contribution in [2.24, 2.45) is 5.92 Å². The molecule has 2 aromatic rings. The summed E-state index contributed by atoms with van der Waals surface area (Å²) < 4.78 is 5.38. The molecule has 1 aromatic carbocycles. The topological polar surface area (TPSA) is 95.3 Å². The van der Waals surface area contributed by atoms with Crippen LogP contribution in [0.4, 0.5) is 0 Å². The van der Waals surface area contributed by atoms with Crippen LogP contribution in [0.15, 0.2) is 27.8 Å². The number of aryl methyl sites for hydroxylation is 2. The van der Waals surface area contributed by atoms with Gasteiger partial charge in [-0.1, -0.05) is 0 Å². The maximum atomic E-state index is 13.0. The molecule has 144 valence electrons. The number of methoxy groups -OCH3 is 1. The number of likely N-dealkylation sites (tertiary alicyclic amines) is 1. The fourth-order valence-corrected chi connectivity index (χ4v) is 3.91. The van der Waals surface area contributed by atoms with Crippen LogP contribution in [0.5, 0.6) is 5.75 Å². The Balaban J connectivity index is 1.75. The third-order valence-electron chi connectivity index (χ3n) is 5.04. The van der Waals surface area contributed by atoms with Gasteiger partial charge in [0.1, 0.15) is 5.75 Å². The van der Waals surface area contributed by atoms with Gasteiger partial charge in [0.15, 0.2) is 5.78 Å². The average molecular weight is 371 g/mol. The van der Waals surface area contributed by atoms with E-state index < -0.39 is 11.2 Å². The summed E-state index contributed by atoms with van der Waals surface area (Å²) in [4.78, 5) is 42.9. The largest absolute Gasteiger partial charge is 0.496 e. The molecule has 1 aliphatic rings. The van der Waals surface area contributed by atoms with E-state index in [0.717, 1.165) is 36.3 Å². The summed E-state index contributed by atoms with van der Waals surface area (Å²) in [5, 5.41) is 0. The van der Waals surface area contributed by atoms with Crippen molar-refractivity contribution in [3.05, 3.63) is 61.4 Å². The van der Waals surface area contributed by atoms with Gasteiger partial charge in [-0.3, -0.25) is 19.5 Å². The van der Waals surface area contributed by atoms with E-state index in [9.17, 15) is 14.4 Å². The van der Waals surface area contributed by atoms with Gasteiger partial charge in [0.2, 0.25) is 0 Å². The molecule has 0 saturated carbocycles. The van der Waals surface area contributed by atoms with Gasteiger partial charge >= 0.3 is 5.69 Å². The molecule has 7 heteroatoms. The van der Waals surface area contributed by atoms with E-state index in [1.165, 1.54) is 6.07 Å². The van der Waals surface area contributed by atoms with Crippen LogP contribution in [-0.2, 0) is 6.54 Å². The summed E-state index contributed by atoms with van der Waals surface area (Å²) in [6.45, 7) is 5.78. The molecule has 3 rings (SSSR count). The highest BCUT2D eigenvalue weighted by Gasteiger charge is 2.27. The molecular weight excluding hydrogens is 346 g/mol. The molecule has 1 atom stereocenters. The SMILES string of the molecule is COc1c(C)cc(C(=O)[C@@H]2CCCN(Cc3cc(=O)[nH]c(=O)[nH]3)C2)cc1C. The molecule has 2 N–H and O–H groups in total. The second kappa shape index (κ2) is 7.92. The zero-order valence-corrected chi connectivity index (χ0v) is 15.9. The number of piperidine rings is 1. The van der Waals surface area contributed by atoms with Gasteiger partial charge in [0.05, 0.1) is 7.11 Å². The summed E-state index contributed by atoms with van der Waals surface area (Å²) in [5.41, 5.74) is 2.26. The van der Waals surface area contributed by atoms with Crippen molar-refractivity contribution in [1.82, 2.24) is 14.9 Å². The smallest absolute Gasteiger partial charge is 0.325 e. The van der Waals surface area contributed by atoms with Gasteiger partial charge in [-0.25, -0.2) is 4.79 Å². The van der Waals surface area contributed by atoms with Crippen LogP contribution in [0.3, 0.4) is 0 Å². The summed E-state index contributed by atoms with van der Waals surface area (Å²) >= 11 is 0. The highest BCUT2D eigenvalue weighted by atomic mass is 16.5. The Hall–Kier alpha value is -2.67. The number of aromatic nitrogens is 2. The van der Waals surface area contributed by atoms with Crippen LogP contribution in [-0.4, -0.2) is 40.9 Å². The first-order valence-electron chi connectivity index (χ1n) is 9.11. The number of hydrogen-bond donors (Lipinski definition) is 2. The molecule has 0 unspecified atom stereocenters. The van der Waals surface area contributed by atoms with Crippen LogP contribution in [0.2, 0.25) is 0 Å². The number of Topliss-reactive ketones (excluding diaryl/α,β-unsaturated/α-hetero) is 1. The van der Waals surface area contributed by atoms with E-state index in [-0.39, 0.29) is 11.7 Å². The van der Waals surface area contributed by atoms with Crippen LogP contribution >= 0.6 is 0 Å². The van der Waals surface area contributed by atoms with Gasteiger partial charge < -0.3 is 9.72 Å². The molecule has 0 bridgehead atoms. The van der Waals surface area contributed by atoms with E-state index in [2.05, 4.69) is 14.9 Å². The van der Waals surface area contributed by atoms with E-state index in [4.69, 9.17) is 4.74 Å². The number of hydrogen-bond acceptors (Lipinski definition) is 5. The van der Waals surface area contributed by atoms with E-state index >= 15 is 0 Å². The third kappa shape index (κ3) is 4.36. The van der Waals surface area contributed by atoms with Crippen molar-refractivity contribution in [1.29, 1.82) is 0 Å². The number of H-pyrrole nitrogens is 2. The number of carbonyl (C=O) groups is 1. The molecule has 0 radical (unpaired) electrons. The van der Waals surface area contributed by atoms with Crippen molar-refractivity contribution in [3.63, 3.8) is 0 Å². The lowest BCUT2D eigenvalue weighted by Crippen LogP contribution is -2.39. The van der Waals surface area contributed by atoms with Crippen molar-refractivity contribution in [3.8, 4) is 5.75 Å². The summed E-state index contributed by atoms with van der Waals surface area (Å²) in [7, 11) is 1.63. The van der Waals surface area contributed by atoms with Crippen molar-refractivity contribution in [2.75, 3.05) is 20.2 Å².